The highest BCUT2D eigenvalue weighted by atomic mass is 32.1. The molecule has 1 rings (SSSR count). The Hall–Kier alpha value is -1.01. The minimum atomic E-state index is 0.109. The third kappa shape index (κ3) is 4.87. The van der Waals surface area contributed by atoms with Crippen LogP contribution in [0, 0.1) is 0 Å². The zero-order valence-corrected chi connectivity index (χ0v) is 13.5. The van der Waals surface area contributed by atoms with Crippen molar-refractivity contribution in [1.29, 1.82) is 0 Å². The number of rotatable bonds is 8. The van der Waals surface area contributed by atoms with Crippen molar-refractivity contribution in [3.63, 3.8) is 0 Å². The van der Waals surface area contributed by atoms with E-state index in [1.807, 2.05) is 13.8 Å². The van der Waals surface area contributed by atoms with Crippen LogP contribution in [-0.2, 0) is 0 Å². The molecule has 0 aliphatic rings. The van der Waals surface area contributed by atoms with E-state index in [4.69, 9.17) is 10.5 Å². The molecule has 0 atom stereocenters. The van der Waals surface area contributed by atoms with E-state index in [-0.39, 0.29) is 6.10 Å². The molecule has 0 saturated carbocycles. The molecule has 0 aliphatic heterocycles. The number of nitrogens with two attached hydrogens (primary N) is 1. The summed E-state index contributed by atoms with van der Waals surface area (Å²) in [5, 5.41) is 1.05. The molecular formula is C13H26N4OS. The van der Waals surface area contributed by atoms with Crippen LogP contribution >= 0.6 is 11.5 Å². The van der Waals surface area contributed by atoms with Crippen LogP contribution in [-0.4, -0.2) is 49.1 Å². The first-order valence-corrected chi connectivity index (χ1v) is 7.54. The fourth-order valence-corrected chi connectivity index (χ4v) is 2.65. The molecule has 110 valence electrons. The predicted octanol–water partition coefficient (Wildman–Crippen LogP) is 2.29. The Kier molecular flexibility index (Phi) is 6.37. The topological polar surface area (TPSA) is 54.6 Å². The first kappa shape index (κ1) is 16.0. The minimum Gasteiger partial charge on any atom is -0.484 e. The molecule has 1 heterocycles. The van der Waals surface area contributed by atoms with Gasteiger partial charge in [-0.1, -0.05) is 0 Å². The summed E-state index contributed by atoms with van der Waals surface area (Å²) in [7, 11) is 4.18. The molecule has 0 aromatic carbocycles. The van der Waals surface area contributed by atoms with Crippen LogP contribution in [0.3, 0.4) is 0 Å². The molecule has 1 aromatic heterocycles. The van der Waals surface area contributed by atoms with Crippen molar-refractivity contribution >= 4 is 22.4 Å². The predicted molar refractivity (Wildman–Crippen MR) is 83.3 cm³/mol. The molecule has 0 amide bonds. The van der Waals surface area contributed by atoms with Crippen LogP contribution in [0.25, 0.3) is 0 Å². The molecule has 19 heavy (non-hydrogen) atoms. The highest BCUT2D eigenvalue weighted by Gasteiger charge is 2.19. The number of nitrogens with zero attached hydrogens (tertiary/aromatic N) is 3. The van der Waals surface area contributed by atoms with Gasteiger partial charge in [0.25, 0.3) is 0 Å². The Morgan fingerprint density at radius 2 is 2.00 bits per heavy atom. The van der Waals surface area contributed by atoms with Crippen molar-refractivity contribution in [2.24, 2.45) is 0 Å². The van der Waals surface area contributed by atoms with Crippen LogP contribution < -0.4 is 15.4 Å². The summed E-state index contributed by atoms with van der Waals surface area (Å²) in [6, 6.07) is 0. The maximum atomic E-state index is 5.90. The van der Waals surface area contributed by atoms with Gasteiger partial charge in [0.1, 0.15) is 0 Å². The van der Waals surface area contributed by atoms with Crippen molar-refractivity contribution in [2.45, 2.75) is 33.3 Å². The zero-order valence-electron chi connectivity index (χ0n) is 12.6. The van der Waals surface area contributed by atoms with E-state index >= 15 is 0 Å². The highest BCUT2D eigenvalue weighted by molar-refractivity contribution is 7.11. The lowest BCUT2D eigenvalue weighted by molar-refractivity contribution is 0.244. The number of anilines is 2. The lowest BCUT2D eigenvalue weighted by Crippen LogP contribution is -2.27. The van der Waals surface area contributed by atoms with E-state index in [1.165, 1.54) is 11.5 Å². The lowest BCUT2D eigenvalue weighted by atomic mass is 10.3. The van der Waals surface area contributed by atoms with Gasteiger partial charge in [-0.05, 0) is 59.4 Å². The largest absolute Gasteiger partial charge is 0.484 e. The summed E-state index contributed by atoms with van der Waals surface area (Å²) in [6.45, 7) is 9.15. The van der Waals surface area contributed by atoms with Crippen LogP contribution in [0.15, 0.2) is 0 Å². The number of hydrogen-bond donors (Lipinski definition) is 1. The van der Waals surface area contributed by atoms with Gasteiger partial charge in [-0.2, -0.15) is 4.37 Å². The van der Waals surface area contributed by atoms with E-state index in [2.05, 4.69) is 35.2 Å². The SMILES string of the molecule is CCN(CCCN(C)C)c1snc(N)c1OC(C)C. The quantitative estimate of drug-likeness (QED) is 0.794. The molecule has 0 unspecified atom stereocenters. The highest BCUT2D eigenvalue weighted by Crippen LogP contribution is 2.38. The standard InChI is InChI=1S/C13H26N4OS/c1-6-17(9-7-8-16(4)5)13-11(18-10(2)3)12(14)15-19-13/h10H,6-9H2,1-5H3,(H2,14,15). The molecule has 0 fully saturated rings. The maximum absolute atomic E-state index is 5.90. The summed E-state index contributed by atoms with van der Waals surface area (Å²) >= 11 is 1.42. The Labute approximate surface area is 120 Å². The first-order chi connectivity index (χ1) is 8.95. The summed E-state index contributed by atoms with van der Waals surface area (Å²) in [6.07, 6.45) is 1.22. The third-order valence-corrected chi connectivity index (χ3v) is 3.62. The second kappa shape index (κ2) is 7.55. The summed E-state index contributed by atoms with van der Waals surface area (Å²) in [4.78, 5) is 4.48. The first-order valence-electron chi connectivity index (χ1n) is 6.77. The van der Waals surface area contributed by atoms with Crippen molar-refractivity contribution in [3.05, 3.63) is 0 Å². The van der Waals surface area contributed by atoms with Crippen molar-refractivity contribution in [1.82, 2.24) is 9.27 Å². The summed E-state index contributed by atoms with van der Waals surface area (Å²) in [5.74, 6) is 1.24. The van der Waals surface area contributed by atoms with Gasteiger partial charge >= 0.3 is 0 Å². The number of ether oxygens (including phenoxy) is 1. The van der Waals surface area contributed by atoms with E-state index < -0.39 is 0 Å². The van der Waals surface area contributed by atoms with E-state index in [0.717, 1.165) is 36.8 Å². The second-order valence-corrected chi connectivity index (χ2v) is 5.86. The molecule has 0 radical (unpaired) electrons. The third-order valence-electron chi connectivity index (χ3n) is 2.71. The maximum Gasteiger partial charge on any atom is 0.198 e. The normalized spacial score (nSPS) is 11.3. The van der Waals surface area contributed by atoms with Gasteiger partial charge in [-0.3, -0.25) is 0 Å². The fraction of sp³-hybridized carbons (Fsp3) is 0.769. The smallest absolute Gasteiger partial charge is 0.198 e. The van der Waals surface area contributed by atoms with Crippen LogP contribution in [0.5, 0.6) is 5.75 Å². The van der Waals surface area contributed by atoms with E-state index in [0.29, 0.717) is 5.82 Å². The van der Waals surface area contributed by atoms with Crippen molar-refractivity contribution < 1.29 is 4.74 Å². The Bertz CT molecular complexity index is 379. The van der Waals surface area contributed by atoms with Gasteiger partial charge in [-0.15, -0.1) is 0 Å². The average molecular weight is 286 g/mol. The molecule has 0 spiro atoms. The zero-order chi connectivity index (χ0) is 14.4. The minimum absolute atomic E-state index is 0.109. The Morgan fingerprint density at radius 1 is 1.32 bits per heavy atom. The van der Waals surface area contributed by atoms with Gasteiger partial charge in [0.2, 0.25) is 0 Å². The summed E-state index contributed by atoms with van der Waals surface area (Å²) < 4.78 is 10.0. The van der Waals surface area contributed by atoms with Crippen LogP contribution in [0.2, 0.25) is 0 Å². The molecule has 2 N–H and O–H groups in total. The van der Waals surface area contributed by atoms with Crippen molar-refractivity contribution in [2.75, 3.05) is 44.4 Å². The Morgan fingerprint density at radius 3 is 2.53 bits per heavy atom. The lowest BCUT2D eigenvalue weighted by Gasteiger charge is -2.23. The molecule has 6 heteroatoms. The molecule has 1 aromatic rings. The summed E-state index contributed by atoms with van der Waals surface area (Å²) in [5.41, 5.74) is 5.90. The van der Waals surface area contributed by atoms with Gasteiger partial charge in [0.15, 0.2) is 16.6 Å². The van der Waals surface area contributed by atoms with Gasteiger partial charge in [0.05, 0.1) is 6.10 Å². The number of hydrogen-bond acceptors (Lipinski definition) is 6. The van der Waals surface area contributed by atoms with Gasteiger partial charge < -0.3 is 20.3 Å². The number of nitrogen functional groups attached to an aromatic ring is 1. The fourth-order valence-electron chi connectivity index (χ4n) is 1.81. The van der Waals surface area contributed by atoms with Gasteiger partial charge in [-0.25, -0.2) is 0 Å². The molecule has 0 aliphatic carbocycles. The molecule has 5 nitrogen and oxygen atoms in total. The molecule has 0 saturated heterocycles. The average Bonchev–Trinajstić information content (AvgIpc) is 2.66. The Balaban J connectivity index is 2.74. The van der Waals surface area contributed by atoms with E-state index in [9.17, 15) is 0 Å². The van der Waals surface area contributed by atoms with Crippen molar-refractivity contribution in [3.8, 4) is 5.75 Å². The second-order valence-electron chi connectivity index (χ2n) is 5.11. The van der Waals surface area contributed by atoms with Crippen LogP contribution in [0.4, 0.5) is 10.8 Å². The van der Waals surface area contributed by atoms with Crippen LogP contribution in [0.1, 0.15) is 27.2 Å². The molecular weight excluding hydrogens is 260 g/mol. The monoisotopic (exact) mass is 286 g/mol. The molecule has 0 bridgehead atoms. The van der Waals surface area contributed by atoms with Gasteiger partial charge in [0, 0.05) is 13.1 Å². The van der Waals surface area contributed by atoms with E-state index in [1.54, 1.807) is 0 Å². The number of aromatic nitrogens is 1.